The van der Waals surface area contributed by atoms with Gasteiger partial charge in [0.2, 0.25) is 10.0 Å². The van der Waals surface area contributed by atoms with Crippen LogP contribution in [0.25, 0.3) is 0 Å². The molecule has 1 heterocycles. The Kier molecular flexibility index (Phi) is 4.91. The smallest absolute Gasteiger partial charge is 0.337 e. The van der Waals surface area contributed by atoms with Crippen molar-refractivity contribution in [2.75, 3.05) is 18.6 Å². The molecule has 94 valence electrons. The normalized spacial score (nSPS) is 11.2. The fourth-order valence-corrected chi connectivity index (χ4v) is 2.81. The highest BCUT2D eigenvalue weighted by molar-refractivity contribution is 8.00. The summed E-state index contributed by atoms with van der Waals surface area (Å²) in [5.41, 5.74) is 0.376. The van der Waals surface area contributed by atoms with Crippen LogP contribution in [0.15, 0.2) is 23.4 Å². The Labute approximate surface area is 104 Å². The molecule has 0 aromatic carbocycles. The first-order chi connectivity index (χ1) is 7.92. The van der Waals surface area contributed by atoms with Crippen LogP contribution in [0.1, 0.15) is 10.4 Å². The Morgan fingerprint density at radius 3 is 2.88 bits per heavy atom. The van der Waals surface area contributed by atoms with E-state index in [9.17, 15) is 13.2 Å². The molecule has 1 rings (SSSR count). The van der Waals surface area contributed by atoms with Gasteiger partial charge in [0.1, 0.15) is 0 Å². The minimum Gasteiger partial charge on any atom is -0.465 e. The first-order valence-corrected chi connectivity index (χ1v) is 7.30. The van der Waals surface area contributed by atoms with E-state index in [-0.39, 0.29) is 11.5 Å². The number of pyridine rings is 1. The number of methoxy groups -OCH3 is 1. The largest absolute Gasteiger partial charge is 0.465 e. The maximum absolute atomic E-state index is 11.2. The summed E-state index contributed by atoms with van der Waals surface area (Å²) < 4.78 is 26.0. The molecule has 1 aromatic heterocycles. The molecule has 0 saturated heterocycles. The number of hydrogen-bond acceptors (Lipinski definition) is 6. The third kappa shape index (κ3) is 5.16. The molecule has 2 N–H and O–H groups in total. The van der Waals surface area contributed by atoms with Gasteiger partial charge in [-0.25, -0.2) is 23.3 Å². The van der Waals surface area contributed by atoms with E-state index in [4.69, 9.17) is 5.14 Å². The average Bonchev–Trinajstić information content (AvgIpc) is 2.27. The summed E-state index contributed by atoms with van der Waals surface area (Å²) in [4.78, 5) is 15.2. The van der Waals surface area contributed by atoms with Crippen LogP contribution >= 0.6 is 11.8 Å². The van der Waals surface area contributed by atoms with Crippen LogP contribution in [0.2, 0.25) is 0 Å². The van der Waals surface area contributed by atoms with Gasteiger partial charge in [0, 0.05) is 11.9 Å². The summed E-state index contributed by atoms with van der Waals surface area (Å²) in [6, 6.07) is 3.06. The fraction of sp³-hybridized carbons (Fsp3) is 0.333. The Hall–Kier alpha value is -1.12. The van der Waals surface area contributed by atoms with Crippen molar-refractivity contribution in [1.29, 1.82) is 0 Å². The molecule has 17 heavy (non-hydrogen) atoms. The van der Waals surface area contributed by atoms with Crippen molar-refractivity contribution in [3.05, 3.63) is 23.9 Å². The van der Waals surface area contributed by atoms with Gasteiger partial charge in [-0.05, 0) is 12.1 Å². The Balaban J connectivity index is 2.63. The molecule has 0 bridgehead atoms. The maximum atomic E-state index is 11.2. The molecular formula is C9H12N2O4S2. The molecule has 0 fully saturated rings. The SMILES string of the molecule is COC(=O)c1ccnc(SCCS(N)(=O)=O)c1. The minimum atomic E-state index is -3.47. The molecule has 8 heteroatoms. The number of esters is 1. The molecule has 0 aliphatic heterocycles. The molecule has 0 aliphatic carbocycles. The van der Waals surface area contributed by atoms with E-state index in [0.29, 0.717) is 10.6 Å². The summed E-state index contributed by atoms with van der Waals surface area (Å²) in [7, 11) is -2.18. The van der Waals surface area contributed by atoms with E-state index in [1.807, 2.05) is 0 Å². The number of sulfonamides is 1. The van der Waals surface area contributed by atoms with E-state index < -0.39 is 16.0 Å². The second kappa shape index (κ2) is 5.99. The topological polar surface area (TPSA) is 99.3 Å². The molecule has 0 atom stereocenters. The summed E-state index contributed by atoms with van der Waals surface area (Å²) >= 11 is 1.21. The number of nitrogens with two attached hydrogens (primary N) is 1. The minimum absolute atomic E-state index is 0.137. The number of carbonyl (C=O) groups is 1. The van der Waals surface area contributed by atoms with Crippen LogP contribution < -0.4 is 5.14 Å². The molecule has 0 spiro atoms. The van der Waals surface area contributed by atoms with Crippen molar-refractivity contribution >= 4 is 27.8 Å². The van der Waals surface area contributed by atoms with Crippen molar-refractivity contribution in [1.82, 2.24) is 4.98 Å². The zero-order valence-corrected chi connectivity index (χ0v) is 10.8. The van der Waals surface area contributed by atoms with E-state index in [1.165, 1.54) is 31.1 Å². The molecular weight excluding hydrogens is 264 g/mol. The highest BCUT2D eigenvalue weighted by atomic mass is 32.2. The predicted molar refractivity (Wildman–Crippen MR) is 64.3 cm³/mol. The second-order valence-electron chi connectivity index (χ2n) is 3.09. The van der Waals surface area contributed by atoms with Gasteiger partial charge in [-0.15, -0.1) is 11.8 Å². The quantitative estimate of drug-likeness (QED) is 0.611. The summed E-state index contributed by atoms with van der Waals surface area (Å²) in [5.74, 6) is -0.307. The standard InChI is InChI=1S/C9H12N2O4S2/c1-15-9(12)7-2-3-11-8(6-7)16-4-5-17(10,13)14/h2-3,6H,4-5H2,1H3,(H2,10,13,14). The first kappa shape index (κ1) is 13.9. The van der Waals surface area contributed by atoms with Crippen molar-refractivity contribution in [2.45, 2.75) is 5.03 Å². The number of nitrogens with zero attached hydrogens (tertiary/aromatic N) is 1. The van der Waals surface area contributed by atoms with Gasteiger partial charge in [0.25, 0.3) is 0 Å². The second-order valence-corrected chi connectivity index (χ2v) is 5.94. The van der Waals surface area contributed by atoms with Gasteiger partial charge in [-0.2, -0.15) is 0 Å². The van der Waals surface area contributed by atoms with Crippen LogP contribution in [0.3, 0.4) is 0 Å². The lowest BCUT2D eigenvalue weighted by atomic mass is 10.3. The van der Waals surface area contributed by atoms with E-state index in [0.717, 1.165) is 0 Å². The van der Waals surface area contributed by atoms with Crippen LogP contribution in [-0.4, -0.2) is 38.0 Å². The first-order valence-electron chi connectivity index (χ1n) is 4.60. The summed E-state index contributed by atoms with van der Waals surface area (Å²) in [5, 5.41) is 5.42. The van der Waals surface area contributed by atoms with Crippen molar-refractivity contribution in [3.63, 3.8) is 0 Å². The van der Waals surface area contributed by atoms with Crippen LogP contribution in [0, 0.1) is 0 Å². The van der Waals surface area contributed by atoms with Crippen molar-refractivity contribution in [2.24, 2.45) is 5.14 Å². The van der Waals surface area contributed by atoms with Crippen molar-refractivity contribution in [3.8, 4) is 0 Å². The zero-order chi connectivity index (χ0) is 12.9. The zero-order valence-electron chi connectivity index (χ0n) is 9.12. The van der Waals surface area contributed by atoms with E-state index in [1.54, 1.807) is 6.07 Å². The number of thioether (sulfide) groups is 1. The molecule has 0 aliphatic rings. The van der Waals surface area contributed by atoms with Crippen molar-refractivity contribution < 1.29 is 17.9 Å². The fourth-order valence-electron chi connectivity index (χ4n) is 0.996. The molecule has 0 amide bonds. The van der Waals surface area contributed by atoms with Crippen LogP contribution in [0.4, 0.5) is 0 Å². The lowest BCUT2D eigenvalue weighted by Gasteiger charge is -2.02. The highest BCUT2D eigenvalue weighted by Gasteiger charge is 2.08. The molecule has 1 aromatic rings. The highest BCUT2D eigenvalue weighted by Crippen LogP contribution is 2.16. The van der Waals surface area contributed by atoms with Gasteiger partial charge < -0.3 is 4.74 Å². The van der Waals surface area contributed by atoms with E-state index in [2.05, 4.69) is 9.72 Å². The maximum Gasteiger partial charge on any atom is 0.337 e. The van der Waals surface area contributed by atoms with Crippen LogP contribution in [-0.2, 0) is 14.8 Å². The van der Waals surface area contributed by atoms with Gasteiger partial charge in [-0.3, -0.25) is 0 Å². The molecule has 0 unspecified atom stereocenters. The monoisotopic (exact) mass is 276 g/mol. The van der Waals surface area contributed by atoms with Gasteiger partial charge in [0.05, 0.1) is 23.5 Å². The van der Waals surface area contributed by atoms with E-state index >= 15 is 0 Å². The Morgan fingerprint density at radius 2 is 2.29 bits per heavy atom. The lowest BCUT2D eigenvalue weighted by molar-refractivity contribution is 0.0600. The number of aromatic nitrogens is 1. The van der Waals surface area contributed by atoms with Crippen LogP contribution in [0.5, 0.6) is 0 Å². The van der Waals surface area contributed by atoms with Gasteiger partial charge in [-0.1, -0.05) is 0 Å². The number of carbonyl (C=O) groups excluding carboxylic acids is 1. The Morgan fingerprint density at radius 1 is 1.59 bits per heavy atom. The summed E-state index contributed by atoms with van der Waals surface area (Å²) in [6.07, 6.45) is 1.46. The third-order valence-corrected chi connectivity index (χ3v) is 3.73. The predicted octanol–water partition coefficient (Wildman–Crippen LogP) is 0.249. The number of primary sulfonamides is 1. The van der Waals surface area contributed by atoms with Gasteiger partial charge >= 0.3 is 5.97 Å². The average molecular weight is 276 g/mol. The lowest BCUT2D eigenvalue weighted by Crippen LogP contribution is -2.17. The number of ether oxygens (including phenoxy) is 1. The summed E-state index contributed by atoms with van der Waals surface area (Å²) in [6.45, 7) is 0. The Bertz CT molecular complexity index is 501. The molecule has 0 radical (unpaired) electrons. The molecule has 0 saturated carbocycles. The number of rotatable bonds is 5. The molecule has 6 nitrogen and oxygen atoms in total. The van der Waals surface area contributed by atoms with Gasteiger partial charge in [0.15, 0.2) is 0 Å². The number of hydrogen-bond donors (Lipinski definition) is 1. The third-order valence-electron chi connectivity index (χ3n) is 1.77.